The minimum absolute atomic E-state index is 0.0186. The van der Waals surface area contributed by atoms with Crippen molar-refractivity contribution in [3.05, 3.63) is 59.7 Å². The van der Waals surface area contributed by atoms with Crippen molar-refractivity contribution in [1.29, 1.82) is 0 Å². The fraction of sp³-hybridized carbons (Fsp3) is 0.263. The molecule has 0 spiro atoms. The van der Waals surface area contributed by atoms with Gasteiger partial charge in [-0.05, 0) is 63.2 Å². The molecule has 0 radical (unpaired) electrons. The quantitative estimate of drug-likeness (QED) is 0.732. The molecule has 0 aromatic heterocycles. The van der Waals surface area contributed by atoms with Crippen molar-refractivity contribution >= 4 is 17.6 Å². The highest BCUT2D eigenvalue weighted by Crippen LogP contribution is 2.16. The molecule has 134 valence electrons. The summed E-state index contributed by atoms with van der Waals surface area (Å²) in [6, 6.07) is 13.2. The third-order valence-electron chi connectivity index (χ3n) is 2.96. The van der Waals surface area contributed by atoms with Crippen molar-refractivity contribution in [3.63, 3.8) is 0 Å². The number of hydrogen-bond donors (Lipinski definition) is 3. The number of benzene rings is 2. The number of carboxylic acids is 2. The molecule has 0 saturated heterocycles. The Hall–Kier alpha value is -3.02. The van der Waals surface area contributed by atoms with E-state index < -0.39 is 11.9 Å². The van der Waals surface area contributed by atoms with Crippen LogP contribution in [0.1, 0.15) is 41.5 Å². The van der Waals surface area contributed by atoms with Crippen molar-refractivity contribution in [1.82, 2.24) is 0 Å². The van der Waals surface area contributed by atoms with Crippen molar-refractivity contribution in [2.24, 2.45) is 0 Å². The highest BCUT2D eigenvalue weighted by molar-refractivity contribution is 5.93. The van der Waals surface area contributed by atoms with Gasteiger partial charge in [0.25, 0.3) is 0 Å². The predicted molar refractivity (Wildman–Crippen MR) is 96.7 cm³/mol. The molecule has 0 heterocycles. The van der Waals surface area contributed by atoms with Gasteiger partial charge < -0.3 is 20.3 Å². The Morgan fingerprint density at radius 2 is 1.52 bits per heavy atom. The van der Waals surface area contributed by atoms with Crippen LogP contribution in [-0.2, 0) is 0 Å². The maximum atomic E-state index is 10.4. The molecule has 0 bridgehead atoms. The van der Waals surface area contributed by atoms with Gasteiger partial charge in [-0.15, -0.1) is 0 Å². The summed E-state index contributed by atoms with van der Waals surface area (Å²) in [6.45, 7) is 7.08. The monoisotopic (exact) mass is 345 g/mol. The van der Waals surface area contributed by atoms with Crippen LogP contribution in [0.25, 0.3) is 0 Å². The second-order valence-corrected chi connectivity index (χ2v) is 5.41. The van der Waals surface area contributed by atoms with Crippen LogP contribution in [0.15, 0.2) is 48.5 Å². The van der Waals surface area contributed by atoms with Gasteiger partial charge in [-0.3, -0.25) is 0 Å². The van der Waals surface area contributed by atoms with E-state index >= 15 is 0 Å². The average Bonchev–Trinajstić information content (AvgIpc) is 2.57. The van der Waals surface area contributed by atoms with Crippen molar-refractivity contribution < 1.29 is 24.5 Å². The molecule has 0 aliphatic heterocycles. The van der Waals surface area contributed by atoms with Crippen LogP contribution in [0.5, 0.6) is 5.75 Å². The lowest BCUT2D eigenvalue weighted by Crippen LogP contribution is -2.05. The molecule has 0 aliphatic rings. The summed E-state index contributed by atoms with van der Waals surface area (Å²) in [5, 5.41) is 20.2. The molecule has 0 atom stereocenters. The third kappa shape index (κ3) is 7.39. The van der Waals surface area contributed by atoms with E-state index in [0.29, 0.717) is 0 Å². The molecule has 2 rings (SSSR count). The van der Waals surface area contributed by atoms with Crippen LogP contribution >= 0.6 is 0 Å². The van der Waals surface area contributed by atoms with Gasteiger partial charge >= 0.3 is 11.9 Å². The summed E-state index contributed by atoms with van der Waals surface area (Å²) in [5.41, 5.74) is 1.10. The molecule has 6 heteroatoms. The van der Waals surface area contributed by atoms with E-state index in [2.05, 4.69) is 12.2 Å². The predicted octanol–water partition coefficient (Wildman–Crippen LogP) is 3.99. The Morgan fingerprint density at radius 1 is 1.00 bits per heavy atom. The van der Waals surface area contributed by atoms with Gasteiger partial charge in [-0.2, -0.15) is 0 Å². The van der Waals surface area contributed by atoms with E-state index in [4.69, 9.17) is 14.9 Å². The lowest BCUT2D eigenvalue weighted by Gasteiger charge is -2.10. The molecule has 2 aromatic rings. The summed E-state index contributed by atoms with van der Waals surface area (Å²) in [7, 11) is 0. The number of nitrogens with one attached hydrogen (secondary N) is 1. The van der Waals surface area contributed by atoms with E-state index in [9.17, 15) is 9.59 Å². The number of rotatable bonds is 6. The minimum Gasteiger partial charge on any atom is -0.491 e. The molecular weight excluding hydrogens is 322 g/mol. The molecule has 6 nitrogen and oxygen atoms in total. The minimum atomic E-state index is -1.13. The van der Waals surface area contributed by atoms with Gasteiger partial charge in [0.05, 0.1) is 17.2 Å². The lowest BCUT2D eigenvalue weighted by molar-refractivity contribution is 0.0696. The second-order valence-electron chi connectivity index (χ2n) is 5.41. The Labute approximate surface area is 147 Å². The van der Waals surface area contributed by atoms with Crippen LogP contribution < -0.4 is 10.1 Å². The number of ether oxygens (including phenoxy) is 1. The maximum Gasteiger partial charge on any atom is 0.335 e. The molecule has 0 aliphatic carbocycles. The fourth-order valence-corrected chi connectivity index (χ4v) is 1.91. The van der Waals surface area contributed by atoms with E-state index in [1.165, 1.54) is 18.2 Å². The summed E-state index contributed by atoms with van der Waals surface area (Å²) >= 11 is 0. The Bertz CT molecular complexity index is 666. The zero-order chi connectivity index (χ0) is 18.8. The summed E-state index contributed by atoms with van der Waals surface area (Å²) < 4.78 is 5.52. The van der Waals surface area contributed by atoms with E-state index in [1.54, 1.807) is 0 Å². The van der Waals surface area contributed by atoms with Crippen LogP contribution in [-0.4, -0.2) is 34.8 Å². The van der Waals surface area contributed by atoms with E-state index in [0.717, 1.165) is 24.0 Å². The molecular formula is C19H23NO5. The van der Waals surface area contributed by atoms with Gasteiger partial charge in [0.15, 0.2) is 0 Å². The molecule has 2 aromatic carbocycles. The van der Waals surface area contributed by atoms with Gasteiger partial charge in [0.2, 0.25) is 0 Å². The highest BCUT2D eigenvalue weighted by Gasteiger charge is 2.06. The van der Waals surface area contributed by atoms with Gasteiger partial charge in [-0.1, -0.05) is 6.07 Å². The fourth-order valence-electron chi connectivity index (χ4n) is 1.91. The van der Waals surface area contributed by atoms with Crippen LogP contribution in [0.3, 0.4) is 0 Å². The van der Waals surface area contributed by atoms with Gasteiger partial charge in [0.1, 0.15) is 5.75 Å². The average molecular weight is 345 g/mol. The largest absolute Gasteiger partial charge is 0.491 e. The van der Waals surface area contributed by atoms with Crippen molar-refractivity contribution in [3.8, 4) is 5.75 Å². The van der Waals surface area contributed by atoms with Gasteiger partial charge in [-0.25, -0.2) is 9.59 Å². The molecule has 3 N–H and O–H groups in total. The number of aromatic carboxylic acids is 2. The molecule has 0 unspecified atom stereocenters. The number of hydrogen-bond acceptors (Lipinski definition) is 4. The summed E-state index contributed by atoms with van der Waals surface area (Å²) in [6.07, 6.45) is 0.241. The zero-order valence-corrected chi connectivity index (χ0v) is 14.5. The topological polar surface area (TPSA) is 95.9 Å². The standard InChI is InChI=1S/C11H17NO.C8H6O4/c1-4-12-10-5-7-11(8-6-10)13-9(2)3;9-7(10)5-2-1-3-6(4-5)8(11)12/h5-9,12H,4H2,1-3H3;1-4H,(H,9,10)(H,11,12). The van der Waals surface area contributed by atoms with Crippen molar-refractivity contribution in [2.75, 3.05) is 11.9 Å². The molecule has 25 heavy (non-hydrogen) atoms. The zero-order valence-electron chi connectivity index (χ0n) is 14.5. The normalized spacial score (nSPS) is 9.76. The van der Waals surface area contributed by atoms with Crippen molar-refractivity contribution in [2.45, 2.75) is 26.9 Å². The summed E-state index contributed by atoms with van der Waals surface area (Å²) in [5.74, 6) is -1.33. The SMILES string of the molecule is CCNc1ccc(OC(C)C)cc1.O=C(O)c1cccc(C(=O)O)c1. The molecule has 0 amide bonds. The highest BCUT2D eigenvalue weighted by atomic mass is 16.5. The first-order valence-electron chi connectivity index (χ1n) is 7.90. The number of carboxylic acid groups (broad SMARTS) is 2. The smallest absolute Gasteiger partial charge is 0.335 e. The van der Waals surface area contributed by atoms with Crippen LogP contribution in [0, 0.1) is 0 Å². The van der Waals surface area contributed by atoms with E-state index in [1.807, 2.05) is 38.1 Å². The number of anilines is 1. The van der Waals surface area contributed by atoms with Gasteiger partial charge in [0, 0.05) is 12.2 Å². The maximum absolute atomic E-state index is 10.4. The first-order valence-corrected chi connectivity index (χ1v) is 7.90. The lowest BCUT2D eigenvalue weighted by atomic mass is 10.1. The molecule has 0 saturated carbocycles. The first kappa shape index (κ1) is 20.0. The molecule has 0 fully saturated rings. The second kappa shape index (κ2) is 9.97. The summed E-state index contributed by atoms with van der Waals surface area (Å²) in [4.78, 5) is 20.8. The number of carbonyl (C=O) groups is 2. The Kier molecular flexibility index (Phi) is 7.99. The third-order valence-corrected chi connectivity index (χ3v) is 2.96. The van der Waals surface area contributed by atoms with E-state index in [-0.39, 0.29) is 17.2 Å². The van der Waals surface area contributed by atoms with Crippen LogP contribution in [0.4, 0.5) is 5.69 Å². The van der Waals surface area contributed by atoms with Crippen LogP contribution in [0.2, 0.25) is 0 Å². The Morgan fingerprint density at radius 3 is 1.92 bits per heavy atom. The first-order chi connectivity index (χ1) is 11.8. The Balaban J connectivity index is 0.000000251.